The van der Waals surface area contributed by atoms with Crippen LogP contribution in [0.25, 0.3) is 0 Å². The molecule has 0 bridgehead atoms. The Bertz CT molecular complexity index is 420. The summed E-state index contributed by atoms with van der Waals surface area (Å²) in [5, 5.41) is 6.35. The molecule has 1 unspecified atom stereocenters. The number of amides is 1. The predicted octanol–water partition coefficient (Wildman–Crippen LogP) is 3.12. The lowest BCUT2D eigenvalue weighted by Crippen LogP contribution is -2.31. The first-order chi connectivity index (χ1) is 9.38. The monoisotopic (exact) mass is 276 g/mol. The Morgan fingerprint density at radius 2 is 1.70 bits per heavy atom. The molecule has 0 saturated carbocycles. The zero-order chi connectivity index (χ0) is 15.1. The summed E-state index contributed by atoms with van der Waals surface area (Å²) >= 11 is 0. The topological polar surface area (TPSA) is 41.1 Å². The first-order valence-corrected chi connectivity index (χ1v) is 7.46. The van der Waals surface area contributed by atoms with Crippen molar-refractivity contribution in [2.45, 2.75) is 47.1 Å². The van der Waals surface area contributed by atoms with Gasteiger partial charge in [0.2, 0.25) is 5.91 Å². The molecule has 0 aromatic heterocycles. The highest BCUT2D eigenvalue weighted by Gasteiger charge is 2.07. The molecule has 0 radical (unpaired) electrons. The van der Waals surface area contributed by atoms with Gasteiger partial charge in [0.25, 0.3) is 0 Å². The van der Waals surface area contributed by atoms with Crippen LogP contribution in [-0.4, -0.2) is 19.0 Å². The van der Waals surface area contributed by atoms with Gasteiger partial charge in [-0.1, -0.05) is 43.2 Å². The normalized spacial score (nSPS) is 12.5. The molecule has 3 heteroatoms. The van der Waals surface area contributed by atoms with Crippen LogP contribution in [0.15, 0.2) is 18.2 Å². The smallest absolute Gasteiger partial charge is 0.221 e. The van der Waals surface area contributed by atoms with E-state index in [4.69, 9.17) is 0 Å². The van der Waals surface area contributed by atoms with E-state index >= 15 is 0 Å². The van der Waals surface area contributed by atoms with Crippen molar-refractivity contribution in [3.63, 3.8) is 0 Å². The lowest BCUT2D eigenvalue weighted by atomic mass is 10.0. The van der Waals surface area contributed by atoms with Gasteiger partial charge in [-0.25, -0.2) is 0 Å². The van der Waals surface area contributed by atoms with Gasteiger partial charge in [0.15, 0.2) is 0 Å². The van der Waals surface area contributed by atoms with Crippen LogP contribution in [0.4, 0.5) is 0 Å². The number of hydrogen-bond donors (Lipinski definition) is 2. The van der Waals surface area contributed by atoms with Crippen LogP contribution >= 0.6 is 0 Å². The van der Waals surface area contributed by atoms with E-state index in [1.165, 1.54) is 16.7 Å². The van der Waals surface area contributed by atoms with E-state index in [1.54, 1.807) is 0 Å². The second kappa shape index (κ2) is 8.05. The van der Waals surface area contributed by atoms with Gasteiger partial charge >= 0.3 is 0 Å². The molecule has 0 fully saturated rings. The average molecular weight is 276 g/mol. The van der Waals surface area contributed by atoms with Gasteiger partial charge in [-0.15, -0.1) is 0 Å². The van der Waals surface area contributed by atoms with Gasteiger partial charge in [0, 0.05) is 25.6 Å². The van der Waals surface area contributed by atoms with Crippen molar-refractivity contribution in [1.82, 2.24) is 10.6 Å². The van der Waals surface area contributed by atoms with Crippen LogP contribution in [-0.2, 0) is 4.79 Å². The molecule has 1 aromatic carbocycles. The minimum absolute atomic E-state index is 0.124. The van der Waals surface area contributed by atoms with Gasteiger partial charge in [-0.2, -0.15) is 0 Å². The zero-order valence-electron chi connectivity index (χ0n) is 13.4. The summed E-state index contributed by atoms with van der Waals surface area (Å²) in [7, 11) is 0. The maximum Gasteiger partial charge on any atom is 0.221 e. The molecule has 2 N–H and O–H groups in total. The fraction of sp³-hybridized carbons (Fsp3) is 0.588. The van der Waals surface area contributed by atoms with Crippen LogP contribution < -0.4 is 10.6 Å². The minimum atomic E-state index is 0.124. The van der Waals surface area contributed by atoms with E-state index in [0.29, 0.717) is 18.9 Å². The third kappa shape index (κ3) is 6.20. The van der Waals surface area contributed by atoms with Gasteiger partial charge in [0.1, 0.15) is 0 Å². The van der Waals surface area contributed by atoms with E-state index in [2.05, 4.69) is 63.5 Å². The van der Waals surface area contributed by atoms with E-state index in [-0.39, 0.29) is 11.9 Å². The standard InChI is InChI=1S/C17H28N2O/c1-12(2)11-19-17(20)6-7-18-15(5)16-9-13(3)8-14(4)10-16/h8-10,12,15,18H,6-7,11H2,1-5H3,(H,19,20). The summed E-state index contributed by atoms with van der Waals surface area (Å²) in [5.74, 6) is 0.625. The van der Waals surface area contributed by atoms with Crippen LogP contribution in [0.2, 0.25) is 0 Å². The highest BCUT2D eigenvalue weighted by atomic mass is 16.1. The Morgan fingerprint density at radius 3 is 2.25 bits per heavy atom. The molecule has 0 spiro atoms. The third-order valence-electron chi connectivity index (χ3n) is 3.25. The molecule has 1 rings (SSSR count). The van der Waals surface area contributed by atoms with Crippen LogP contribution in [0, 0.1) is 19.8 Å². The number of aryl methyl sites for hydroxylation is 2. The van der Waals surface area contributed by atoms with Gasteiger partial charge in [-0.3, -0.25) is 4.79 Å². The number of carbonyl (C=O) groups excluding carboxylic acids is 1. The molecule has 0 heterocycles. The molecule has 3 nitrogen and oxygen atoms in total. The Morgan fingerprint density at radius 1 is 1.10 bits per heavy atom. The minimum Gasteiger partial charge on any atom is -0.356 e. The SMILES string of the molecule is Cc1cc(C)cc(C(C)NCCC(=O)NCC(C)C)c1. The summed E-state index contributed by atoms with van der Waals surface area (Å²) in [6.07, 6.45) is 0.530. The highest BCUT2D eigenvalue weighted by molar-refractivity contribution is 5.76. The van der Waals surface area contributed by atoms with E-state index in [0.717, 1.165) is 6.54 Å². The quantitative estimate of drug-likeness (QED) is 0.803. The fourth-order valence-corrected chi connectivity index (χ4v) is 2.19. The van der Waals surface area contributed by atoms with Gasteiger partial charge < -0.3 is 10.6 Å². The van der Waals surface area contributed by atoms with Crippen molar-refractivity contribution in [3.05, 3.63) is 34.9 Å². The Labute approximate surface area is 123 Å². The highest BCUT2D eigenvalue weighted by Crippen LogP contribution is 2.16. The molecule has 0 aliphatic rings. The van der Waals surface area contributed by atoms with Crippen LogP contribution in [0.5, 0.6) is 0 Å². The maximum atomic E-state index is 11.6. The number of carbonyl (C=O) groups is 1. The molecule has 1 aromatic rings. The maximum absolute atomic E-state index is 11.6. The van der Waals surface area contributed by atoms with Crippen LogP contribution in [0.3, 0.4) is 0 Å². The number of rotatable bonds is 7. The van der Waals surface area contributed by atoms with Crippen molar-refractivity contribution in [1.29, 1.82) is 0 Å². The van der Waals surface area contributed by atoms with Crippen molar-refractivity contribution in [2.75, 3.05) is 13.1 Å². The summed E-state index contributed by atoms with van der Waals surface area (Å²) in [5.41, 5.74) is 3.84. The predicted molar refractivity (Wildman–Crippen MR) is 84.8 cm³/mol. The second-order valence-corrected chi connectivity index (χ2v) is 6.04. The first kappa shape index (κ1) is 16.7. The first-order valence-electron chi connectivity index (χ1n) is 7.46. The molecular weight excluding hydrogens is 248 g/mol. The van der Waals surface area contributed by atoms with Crippen molar-refractivity contribution >= 4 is 5.91 Å². The Hall–Kier alpha value is -1.35. The molecule has 20 heavy (non-hydrogen) atoms. The van der Waals surface area contributed by atoms with Crippen molar-refractivity contribution in [3.8, 4) is 0 Å². The summed E-state index contributed by atoms with van der Waals surface area (Å²) in [6.45, 7) is 12.0. The van der Waals surface area contributed by atoms with E-state index < -0.39 is 0 Å². The largest absolute Gasteiger partial charge is 0.356 e. The summed E-state index contributed by atoms with van der Waals surface area (Å²) in [6, 6.07) is 6.84. The number of nitrogens with one attached hydrogen (secondary N) is 2. The van der Waals surface area contributed by atoms with Gasteiger partial charge in [-0.05, 0) is 32.3 Å². The average Bonchev–Trinajstić information content (AvgIpc) is 2.35. The van der Waals surface area contributed by atoms with Crippen LogP contribution in [0.1, 0.15) is 49.9 Å². The molecule has 1 amide bonds. The Kier molecular flexibility index (Phi) is 6.73. The summed E-state index contributed by atoms with van der Waals surface area (Å²) < 4.78 is 0. The fourth-order valence-electron chi connectivity index (χ4n) is 2.19. The second-order valence-electron chi connectivity index (χ2n) is 6.04. The van der Waals surface area contributed by atoms with Crippen molar-refractivity contribution < 1.29 is 4.79 Å². The van der Waals surface area contributed by atoms with E-state index in [1.807, 2.05) is 0 Å². The Balaban J connectivity index is 2.36. The van der Waals surface area contributed by atoms with Gasteiger partial charge in [0.05, 0.1) is 0 Å². The van der Waals surface area contributed by atoms with E-state index in [9.17, 15) is 4.79 Å². The molecule has 112 valence electrons. The third-order valence-corrected chi connectivity index (χ3v) is 3.25. The lowest BCUT2D eigenvalue weighted by Gasteiger charge is -2.16. The lowest BCUT2D eigenvalue weighted by molar-refractivity contribution is -0.121. The zero-order valence-corrected chi connectivity index (χ0v) is 13.4. The molecule has 0 aliphatic carbocycles. The van der Waals surface area contributed by atoms with Crippen molar-refractivity contribution in [2.24, 2.45) is 5.92 Å². The summed E-state index contributed by atoms with van der Waals surface area (Å²) in [4.78, 5) is 11.6. The molecule has 0 saturated heterocycles. The molecule has 1 atom stereocenters. The number of benzene rings is 1. The molecule has 0 aliphatic heterocycles. The number of hydrogen-bond acceptors (Lipinski definition) is 2. The molecular formula is C17H28N2O.